The van der Waals surface area contributed by atoms with Crippen molar-refractivity contribution in [2.45, 2.75) is 38.9 Å². The van der Waals surface area contributed by atoms with Crippen molar-refractivity contribution >= 4 is 18.6 Å². The van der Waals surface area contributed by atoms with Gasteiger partial charge in [-0.3, -0.25) is 0 Å². The second-order valence-corrected chi connectivity index (χ2v) is 5.26. The lowest BCUT2D eigenvalue weighted by Crippen LogP contribution is -2.49. The molecule has 1 rings (SSSR count). The van der Waals surface area contributed by atoms with E-state index in [9.17, 15) is 9.50 Å². The van der Waals surface area contributed by atoms with E-state index in [1.165, 1.54) is 7.48 Å². The van der Waals surface area contributed by atoms with E-state index in [0.717, 1.165) is 0 Å². The molecule has 3 nitrogen and oxygen atoms in total. The fourth-order valence-corrected chi connectivity index (χ4v) is 1.19. The average molecular weight is 252 g/mol. The zero-order valence-electron chi connectivity index (χ0n) is 11.5. The monoisotopic (exact) mass is 252 g/mol. The first-order chi connectivity index (χ1) is 8.19. The molecule has 0 saturated heterocycles. The highest BCUT2D eigenvalue weighted by Gasteiger charge is 2.35. The van der Waals surface area contributed by atoms with Crippen molar-refractivity contribution in [1.29, 1.82) is 0 Å². The van der Waals surface area contributed by atoms with Gasteiger partial charge in [-0.1, -0.05) is 12.1 Å². The van der Waals surface area contributed by atoms with Gasteiger partial charge in [-0.05, 0) is 39.2 Å². The largest absolute Gasteiger partial charge is 0.427 e. The summed E-state index contributed by atoms with van der Waals surface area (Å²) in [6.07, 6.45) is 0. The van der Waals surface area contributed by atoms with E-state index < -0.39 is 11.2 Å². The van der Waals surface area contributed by atoms with Crippen molar-refractivity contribution < 1.29 is 14.2 Å². The molecule has 0 fully saturated rings. The van der Waals surface area contributed by atoms with Crippen LogP contribution in [-0.2, 0) is 4.65 Å². The molecule has 0 aliphatic carbocycles. The smallest absolute Gasteiger partial charge is 0.334 e. The van der Waals surface area contributed by atoms with E-state index in [-0.39, 0.29) is 5.82 Å². The summed E-state index contributed by atoms with van der Waals surface area (Å²) in [4.78, 5) is 0. The number of rotatable bonds is 5. The summed E-state index contributed by atoms with van der Waals surface area (Å²) >= 11 is 0. The SMILES string of the molecule is CNc1cccc([B]OC(C)(C)C(C)(C)O)c1F. The van der Waals surface area contributed by atoms with Crippen molar-refractivity contribution in [3.05, 3.63) is 24.0 Å². The second kappa shape index (κ2) is 5.28. The Morgan fingerprint density at radius 1 is 1.28 bits per heavy atom. The minimum absolute atomic E-state index is 0.346. The maximum absolute atomic E-state index is 13.9. The molecule has 0 heterocycles. The number of aliphatic hydroxyl groups is 1. The summed E-state index contributed by atoms with van der Waals surface area (Å²) in [5.74, 6) is -0.369. The van der Waals surface area contributed by atoms with Crippen molar-refractivity contribution in [3.63, 3.8) is 0 Å². The average Bonchev–Trinajstić information content (AvgIpc) is 2.26. The lowest BCUT2D eigenvalue weighted by atomic mass is 9.82. The molecule has 99 valence electrons. The molecule has 0 amide bonds. The highest BCUT2D eigenvalue weighted by atomic mass is 19.1. The van der Waals surface area contributed by atoms with Gasteiger partial charge in [0.25, 0.3) is 0 Å². The number of anilines is 1. The molecular formula is C13H20BFNO2. The van der Waals surface area contributed by atoms with Gasteiger partial charge in [0.2, 0.25) is 0 Å². The van der Waals surface area contributed by atoms with Crippen LogP contribution in [0.5, 0.6) is 0 Å². The fourth-order valence-electron chi connectivity index (χ4n) is 1.19. The van der Waals surface area contributed by atoms with Crippen LogP contribution in [-0.4, -0.2) is 30.8 Å². The highest BCUT2D eigenvalue weighted by Crippen LogP contribution is 2.24. The molecule has 0 aromatic heterocycles. The van der Waals surface area contributed by atoms with Gasteiger partial charge in [0.05, 0.1) is 16.9 Å². The van der Waals surface area contributed by atoms with Crippen LogP contribution < -0.4 is 10.8 Å². The zero-order valence-corrected chi connectivity index (χ0v) is 11.5. The van der Waals surface area contributed by atoms with Crippen molar-refractivity contribution in [2.75, 3.05) is 12.4 Å². The number of nitrogens with one attached hydrogen (secondary N) is 1. The third-order valence-electron chi connectivity index (χ3n) is 3.25. The summed E-state index contributed by atoms with van der Waals surface area (Å²) in [6, 6.07) is 5.01. The maximum atomic E-state index is 13.9. The first kappa shape index (κ1) is 15.0. The van der Waals surface area contributed by atoms with Gasteiger partial charge >= 0.3 is 7.48 Å². The minimum Gasteiger partial charge on any atom is -0.427 e. The van der Waals surface area contributed by atoms with Crippen molar-refractivity contribution in [3.8, 4) is 0 Å². The van der Waals surface area contributed by atoms with Crippen LogP contribution in [0, 0.1) is 5.82 Å². The Labute approximate surface area is 109 Å². The zero-order chi connectivity index (χ0) is 14.0. The highest BCUT2D eigenvalue weighted by molar-refractivity contribution is 6.47. The van der Waals surface area contributed by atoms with Crippen molar-refractivity contribution in [1.82, 2.24) is 0 Å². The third-order valence-corrected chi connectivity index (χ3v) is 3.25. The van der Waals surface area contributed by atoms with E-state index in [2.05, 4.69) is 5.32 Å². The molecule has 1 radical (unpaired) electrons. The van der Waals surface area contributed by atoms with Crippen LogP contribution >= 0.6 is 0 Å². The molecule has 0 aliphatic rings. The minimum atomic E-state index is -1.03. The molecule has 0 unspecified atom stereocenters. The summed E-state index contributed by atoms with van der Waals surface area (Å²) in [5, 5.41) is 12.7. The van der Waals surface area contributed by atoms with Gasteiger partial charge in [-0.25, -0.2) is 4.39 Å². The Morgan fingerprint density at radius 2 is 1.89 bits per heavy atom. The number of benzene rings is 1. The standard InChI is InChI=1S/C13H20BFNO2/c1-12(2,17)13(3,4)18-14-9-7-6-8-10(16-5)11(9)15/h6-8,16-17H,1-5H3. The van der Waals surface area contributed by atoms with Crippen LogP contribution in [0.1, 0.15) is 27.7 Å². The lowest BCUT2D eigenvalue weighted by Gasteiger charge is -2.37. The summed E-state index contributed by atoms with van der Waals surface area (Å²) < 4.78 is 19.4. The first-order valence-electron chi connectivity index (χ1n) is 5.89. The van der Waals surface area contributed by atoms with Crippen LogP contribution in [0.2, 0.25) is 0 Å². The summed E-state index contributed by atoms with van der Waals surface area (Å²) in [6.45, 7) is 6.81. The van der Waals surface area contributed by atoms with Gasteiger partial charge in [0.15, 0.2) is 0 Å². The van der Waals surface area contributed by atoms with Gasteiger partial charge < -0.3 is 15.1 Å². The normalized spacial score (nSPS) is 12.4. The molecule has 18 heavy (non-hydrogen) atoms. The van der Waals surface area contributed by atoms with Crippen LogP contribution in [0.4, 0.5) is 10.1 Å². The van der Waals surface area contributed by atoms with Gasteiger partial charge in [-0.15, -0.1) is 0 Å². The molecular weight excluding hydrogens is 232 g/mol. The summed E-state index contributed by atoms with van der Waals surface area (Å²) in [7, 11) is 3.00. The van der Waals surface area contributed by atoms with Crippen molar-refractivity contribution in [2.24, 2.45) is 0 Å². The Bertz CT molecular complexity index is 416. The molecule has 2 N–H and O–H groups in total. The second-order valence-electron chi connectivity index (χ2n) is 5.26. The number of hydrogen-bond acceptors (Lipinski definition) is 3. The Hall–Kier alpha value is -1.07. The van der Waals surface area contributed by atoms with E-state index >= 15 is 0 Å². The van der Waals surface area contributed by atoms with E-state index in [0.29, 0.717) is 11.2 Å². The molecule has 5 heteroatoms. The number of halogens is 1. The molecule has 0 saturated carbocycles. The van der Waals surface area contributed by atoms with E-state index in [4.69, 9.17) is 4.65 Å². The van der Waals surface area contributed by atoms with E-state index in [1.54, 1.807) is 52.9 Å². The lowest BCUT2D eigenvalue weighted by molar-refractivity contribution is -0.0893. The molecule has 0 bridgehead atoms. The molecule has 0 aliphatic heterocycles. The Morgan fingerprint density at radius 3 is 2.39 bits per heavy atom. The molecule has 0 spiro atoms. The molecule has 1 aromatic rings. The fraction of sp³-hybridized carbons (Fsp3) is 0.538. The van der Waals surface area contributed by atoms with Crippen LogP contribution in [0.15, 0.2) is 18.2 Å². The quantitative estimate of drug-likeness (QED) is 0.783. The predicted octanol–water partition coefficient (Wildman–Crippen LogP) is 1.68. The third kappa shape index (κ3) is 3.24. The first-order valence-corrected chi connectivity index (χ1v) is 5.89. The van der Waals surface area contributed by atoms with Gasteiger partial charge in [-0.2, -0.15) is 0 Å². The Balaban J connectivity index is 2.82. The van der Waals surface area contributed by atoms with E-state index in [1.807, 2.05) is 0 Å². The summed E-state index contributed by atoms with van der Waals surface area (Å²) in [5.41, 5.74) is -1.08. The maximum Gasteiger partial charge on any atom is 0.334 e. The Kier molecular flexibility index (Phi) is 4.40. The van der Waals surface area contributed by atoms with Crippen LogP contribution in [0.25, 0.3) is 0 Å². The predicted molar refractivity (Wildman–Crippen MR) is 72.8 cm³/mol. The van der Waals surface area contributed by atoms with Crippen LogP contribution in [0.3, 0.4) is 0 Å². The molecule has 0 atom stereocenters. The molecule has 1 aromatic carbocycles. The number of hydrogen-bond donors (Lipinski definition) is 2. The van der Waals surface area contributed by atoms with Gasteiger partial charge in [0, 0.05) is 7.05 Å². The van der Waals surface area contributed by atoms with Gasteiger partial charge in [0.1, 0.15) is 5.82 Å². The topological polar surface area (TPSA) is 41.5 Å².